The van der Waals surface area contributed by atoms with E-state index in [9.17, 15) is 0 Å². The van der Waals surface area contributed by atoms with Crippen molar-refractivity contribution in [2.24, 2.45) is 0 Å². The summed E-state index contributed by atoms with van der Waals surface area (Å²) in [6.45, 7) is 0.171. The molecule has 0 aliphatic rings. The van der Waals surface area contributed by atoms with E-state index in [0.717, 1.165) is 11.1 Å². The fourth-order valence-corrected chi connectivity index (χ4v) is 2.44. The Morgan fingerprint density at radius 1 is 0.923 bits per heavy atom. The van der Waals surface area contributed by atoms with Gasteiger partial charge in [-0.05, 0) is 47.5 Å². The molecule has 0 unspecified atom stereocenters. The van der Waals surface area contributed by atoms with Gasteiger partial charge in [-0.25, -0.2) is 0 Å². The van der Waals surface area contributed by atoms with Gasteiger partial charge in [0, 0.05) is 0 Å². The van der Waals surface area contributed by atoms with Gasteiger partial charge in [-0.15, -0.1) is 10.2 Å². The molecule has 126 valence electrons. The van der Waals surface area contributed by atoms with Gasteiger partial charge in [0.2, 0.25) is 0 Å². The second kappa shape index (κ2) is 6.95. The normalized spacial score (nSPS) is 10.4. The number of ether oxygens (including phenoxy) is 1. The van der Waals surface area contributed by atoms with E-state index in [1.54, 1.807) is 30.5 Å². The van der Waals surface area contributed by atoms with Crippen LogP contribution in [0.1, 0.15) is 11.5 Å². The molecule has 0 aliphatic heterocycles. The molecule has 0 saturated carbocycles. The lowest BCUT2D eigenvalue weighted by Gasteiger charge is -2.05. The van der Waals surface area contributed by atoms with E-state index in [1.807, 2.05) is 36.4 Å². The Morgan fingerprint density at radius 3 is 2.31 bits per heavy atom. The molecular formula is C20H13N3O3. The molecule has 0 spiro atoms. The zero-order valence-corrected chi connectivity index (χ0v) is 13.6. The third-order valence-corrected chi connectivity index (χ3v) is 3.76. The molecule has 0 atom stereocenters. The van der Waals surface area contributed by atoms with Gasteiger partial charge < -0.3 is 13.6 Å². The maximum absolute atomic E-state index is 8.85. The molecule has 2 aromatic carbocycles. The van der Waals surface area contributed by atoms with Crippen LogP contribution in [0.25, 0.3) is 22.8 Å². The molecule has 0 N–H and O–H groups in total. The van der Waals surface area contributed by atoms with Gasteiger partial charge in [-0.2, -0.15) is 5.26 Å². The van der Waals surface area contributed by atoms with Gasteiger partial charge in [0.05, 0.1) is 17.9 Å². The number of furan rings is 1. The van der Waals surface area contributed by atoms with Crippen LogP contribution < -0.4 is 4.74 Å². The highest BCUT2D eigenvalue weighted by molar-refractivity contribution is 5.64. The van der Waals surface area contributed by atoms with E-state index >= 15 is 0 Å². The first-order chi connectivity index (χ1) is 12.8. The molecule has 0 saturated heterocycles. The largest absolute Gasteiger partial charge is 0.484 e. The zero-order valence-electron chi connectivity index (χ0n) is 13.6. The maximum atomic E-state index is 8.85. The number of nitrogens with zero attached hydrogens (tertiary/aromatic N) is 3. The topological polar surface area (TPSA) is 85.1 Å². The van der Waals surface area contributed by atoms with Gasteiger partial charge in [-0.1, -0.05) is 24.3 Å². The second-order valence-electron chi connectivity index (χ2n) is 5.48. The van der Waals surface area contributed by atoms with Crippen LogP contribution in [0.2, 0.25) is 0 Å². The average Bonchev–Trinajstić information content (AvgIpc) is 3.38. The van der Waals surface area contributed by atoms with Crippen molar-refractivity contribution in [1.82, 2.24) is 10.2 Å². The fraction of sp³-hybridized carbons (Fsp3) is 0.0500. The summed E-state index contributed by atoms with van der Waals surface area (Å²) in [6, 6.07) is 20.7. The number of hydrogen-bond acceptors (Lipinski definition) is 6. The van der Waals surface area contributed by atoms with Crippen molar-refractivity contribution in [3.8, 4) is 34.6 Å². The molecule has 6 nitrogen and oxygen atoms in total. The van der Waals surface area contributed by atoms with E-state index in [2.05, 4.69) is 16.3 Å². The molecule has 6 heteroatoms. The first kappa shape index (κ1) is 15.7. The number of aromatic nitrogens is 2. The van der Waals surface area contributed by atoms with Crippen molar-refractivity contribution < 1.29 is 13.6 Å². The SMILES string of the molecule is N#Cc1ccc(-c2ccc(OCc3nnc(-c4ccco4)o3)cc2)cc1. The van der Waals surface area contributed by atoms with Gasteiger partial charge in [0.1, 0.15) is 5.75 Å². The van der Waals surface area contributed by atoms with Crippen LogP contribution in [0.5, 0.6) is 5.75 Å². The van der Waals surface area contributed by atoms with E-state index < -0.39 is 0 Å². The first-order valence-corrected chi connectivity index (χ1v) is 7.91. The fourth-order valence-electron chi connectivity index (χ4n) is 2.44. The minimum absolute atomic E-state index is 0.171. The summed E-state index contributed by atoms with van der Waals surface area (Å²) < 4.78 is 16.4. The van der Waals surface area contributed by atoms with Crippen molar-refractivity contribution in [3.63, 3.8) is 0 Å². The molecule has 4 aromatic rings. The van der Waals surface area contributed by atoms with Crippen LogP contribution in [-0.2, 0) is 6.61 Å². The van der Waals surface area contributed by atoms with Crippen LogP contribution in [-0.4, -0.2) is 10.2 Å². The average molecular weight is 343 g/mol. The molecule has 0 amide bonds. The van der Waals surface area contributed by atoms with Crippen molar-refractivity contribution in [3.05, 3.63) is 78.4 Å². The smallest absolute Gasteiger partial charge is 0.283 e. The van der Waals surface area contributed by atoms with Crippen molar-refractivity contribution >= 4 is 0 Å². The molecule has 26 heavy (non-hydrogen) atoms. The van der Waals surface area contributed by atoms with Gasteiger partial charge >= 0.3 is 0 Å². The molecule has 0 aliphatic carbocycles. The summed E-state index contributed by atoms with van der Waals surface area (Å²) >= 11 is 0. The summed E-state index contributed by atoms with van der Waals surface area (Å²) in [5.74, 6) is 1.91. The van der Waals surface area contributed by atoms with Gasteiger partial charge in [0.25, 0.3) is 11.8 Å². The quantitative estimate of drug-likeness (QED) is 0.532. The molecule has 0 fully saturated rings. The number of hydrogen-bond donors (Lipinski definition) is 0. The standard InChI is InChI=1S/C20H13N3O3/c21-12-14-3-5-15(6-4-14)16-7-9-17(10-8-16)25-13-19-22-23-20(26-19)18-2-1-11-24-18/h1-11H,13H2. The van der Waals surface area contributed by atoms with Crippen molar-refractivity contribution in [2.45, 2.75) is 6.61 Å². The Kier molecular flexibility index (Phi) is 4.19. The van der Waals surface area contributed by atoms with Crippen molar-refractivity contribution in [2.75, 3.05) is 0 Å². The van der Waals surface area contributed by atoms with Crippen LogP contribution in [0, 0.1) is 11.3 Å². The predicted molar refractivity (Wildman–Crippen MR) is 92.9 cm³/mol. The highest BCUT2D eigenvalue weighted by Crippen LogP contribution is 2.24. The third-order valence-electron chi connectivity index (χ3n) is 3.76. The second-order valence-corrected chi connectivity index (χ2v) is 5.48. The van der Waals surface area contributed by atoms with Crippen LogP contribution >= 0.6 is 0 Å². The van der Waals surface area contributed by atoms with Gasteiger partial charge in [0.15, 0.2) is 12.4 Å². The van der Waals surface area contributed by atoms with Gasteiger partial charge in [-0.3, -0.25) is 0 Å². The Labute approximate surface area is 149 Å². The van der Waals surface area contributed by atoms with E-state index in [1.165, 1.54) is 0 Å². The zero-order chi connectivity index (χ0) is 17.8. The van der Waals surface area contributed by atoms with E-state index in [4.69, 9.17) is 18.8 Å². The molecule has 0 bridgehead atoms. The monoisotopic (exact) mass is 343 g/mol. The molecule has 2 aromatic heterocycles. The van der Waals surface area contributed by atoms with E-state index in [-0.39, 0.29) is 6.61 Å². The molecule has 0 radical (unpaired) electrons. The Bertz CT molecular complexity index is 1030. The van der Waals surface area contributed by atoms with E-state index in [0.29, 0.717) is 28.9 Å². The van der Waals surface area contributed by atoms with Crippen LogP contribution in [0.4, 0.5) is 0 Å². The number of rotatable bonds is 5. The Hall–Kier alpha value is -3.85. The lowest BCUT2D eigenvalue weighted by Crippen LogP contribution is -1.95. The summed E-state index contributed by atoms with van der Waals surface area (Å²) in [7, 11) is 0. The molecule has 4 rings (SSSR count). The minimum Gasteiger partial charge on any atom is -0.484 e. The lowest BCUT2D eigenvalue weighted by molar-refractivity contribution is 0.264. The highest BCUT2D eigenvalue weighted by Gasteiger charge is 2.11. The lowest BCUT2D eigenvalue weighted by atomic mass is 10.0. The third kappa shape index (κ3) is 3.32. The summed E-state index contributed by atoms with van der Waals surface area (Å²) in [5, 5.41) is 16.7. The minimum atomic E-state index is 0.171. The summed E-state index contributed by atoms with van der Waals surface area (Å²) in [4.78, 5) is 0. The van der Waals surface area contributed by atoms with Crippen molar-refractivity contribution in [1.29, 1.82) is 5.26 Å². The molecular weight excluding hydrogens is 330 g/mol. The molecule has 2 heterocycles. The Balaban J connectivity index is 1.40. The summed E-state index contributed by atoms with van der Waals surface area (Å²) in [6.07, 6.45) is 1.55. The van der Waals surface area contributed by atoms with Crippen LogP contribution in [0.15, 0.2) is 75.8 Å². The predicted octanol–water partition coefficient (Wildman–Crippen LogP) is 4.45. The Morgan fingerprint density at radius 2 is 1.65 bits per heavy atom. The van der Waals surface area contributed by atoms with Crippen LogP contribution in [0.3, 0.4) is 0 Å². The highest BCUT2D eigenvalue weighted by atomic mass is 16.5. The first-order valence-electron chi connectivity index (χ1n) is 7.91. The maximum Gasteiger partial charge on any atom is 0.283 e. The number of nitriles is 1. The number of benzene rings is 2. The summed E-state index contributed by atoms with van der Waals surface area (Å²) in [5.41, 5.74) is 2.72.